The first kappa shape index (κ1) is 27.3. The Balaban J connectivity index is 1.25. The maximum Gasteiger partial charge on any atom is 0.252 e. The van der Waals surface area contributed by atoms with Gasteiger partial charge >= 0.3 is 0 Å². The van der Waals surface area contributed by atoms with Crippen molar-refractivity contribution in [3.8, 4) is 11.1 Å². The molecule has 5 aliphatic rings. The summed E-state index contributed by atoms with van der Waals surface area (Å²) in [5.74, 6) is 0. The number of nitrogens with zero attached hydrogens (tertiary/aromatic N) is 2. The Morgan fingerprint density at radius 1 is 0.480 bits per heavy atom. The molecule has 2 nitrogen and oxygen atoms in total. The molecule has 0 atom stereocenters. The van der Waals surface area contributed by atoms with Crippen LogP contribution in [0.5, 0.6) is 0 Å². The van der Waals surface area contributed by atoms with E-state index >= 15 is 0 Å². The van der Waals surface area contributed by atoms with Gasteiger partial charge < -0.3 is 9.80 Å². The van der Waals surface area contributed by atoms with Gasteiger partial charge in [0.15, 0.2) is 0 Å². The van der Waals surface area contributed by atoms with E-state index in [-0.39, 0.29) is 6.71 Å². The lowest BCUT2D eigenvalue weighted by Gasteiger charge is -2.52. The molecule has 0 radical (unpaired) electrons. The van der Waals surface area contributed by atoms with E-state index in [0.717, 1.165) is 0 Å². The number of benzene rings is 7. The molecule has 12 rings (SSSR count). The second kappa shape index (κ2) is 8.95. The molecular weight excluding hydrogens is 619 g/mol. The van der Waals surface area contributed by atoms with Crippen LogP contribution in [0.25, 0.3) is 11.1 Å². The van der Waals surface area contributed by atoms with Gasteiger partial charge in [0.1, 0.15) is 8.07 Å². The largest absolute Gasteiger partial charge is 0.312 e. The molecule has 0 bridgehead atoms. The lowest BCUT2D eigenvalue weighted by atomic mass is 9.33. The van der Waals surface area contributed by atoms with Gasteiger partial charge in [-0.05, 0) is 96.9 Å². The molecule has 0 unspecified atom stereocenters. The van der Waals surface area contributed by atoms with Gasteiger partial charge in [-0.2, -0.15) is 0 Å². The molecule has 50 heavy (non-hydrogen) atoms. The van der Waals surface area contributed by atoms with Gasteiger partial charge in [-0.1, -0.05) is 134 Å². The lowest BCUT2D eigenvalue weighted by Crippen LogP contribution is -2.67. The van der Waals surface area contributed by atoms with E-state index in [1.54, 1.807) is 0 Å². The molecule has 234 valence electrons. The second-order valence-electron chi connectivity index (χ2n) is 15.3. The molecule has 7 aromatic carbocycles. The number of hydrogen-bond acceptors (Lipinski definition) is 2. The van der Waals surface area contributed by atoms with E-state index in [1.165, 1.54) is 99.8 Å². The Morgan fingerprint density at radius 2 is 1.00 bits per heavy atom. The van der Waals surface area contributed by atoms with Crippen molar-refractivity contribution < 1.29 is 0 Å². The molecular formula is C46H33BN2Si. The highest BCUT2D eigenvalue weighted by Gasteiger charge is 2.56. The summed E-state index contributed by atoms with van der Waals surface area (Å²) in [6.07, 6.45) is 0. The summed E-state index contributed by atoms with van der Waals surface area (Å²) in [6, 6.07) is 56.1. The molecule has 0 fully saturated rings. The van der Waals surface area contributed by atoms with Crippen molar-refractivity contribution in [3.63, 3.8) is 0 Å². The molecule has 0 amide bonds. The summed E-state index contributed by atoms with van der Waals surface area (Å²) in [5.41, 5.74) is 21.3. The van der Waals surface area contributed by atoms with Crippen LogP contribution >= 0.6 is 0 Å². The Bertz CT molecular complexity index is 2650. The van der Waals surface area contributed by atoms with Crippen LogP contribution < -0.4 is 36.6 Å². The first-order chi connectivity index (χ1) is 24.5. The minimum Gasteiger partial charge on any atom is -0.312 e. The lowest BCUT2D eigenvalue weighted by molar-refractivity contribution is 0.753. The highest BCUT2D eigenvalue weighted by molar-refractivity contribution is 7.05. The summed E-state index contributed by atoms with van der Waals surface area (Å²) in [5, 5.41) is 3.05. The van der Waals surface area contributed by atoms with Crippen molar-refractivity contribution in [2.24, 2.45) is 0 Å². The Morgan fingerprint density at radius 3 is 1.72 bits per heavy atom. The van der Waals surface area contributed by atoms with Crippen molar-refractivity contribution in [2.75, 3.05) is 9.80 Å². The van der Waals surface area contributed by atoms with Crippen LogP contribution in [0.2, 0.25) is 13.1 Å². The zero-order valence-corrected chi connectivity index (χ0v) is 29.3. The van der Waals surface area contributed by atoms with Crippen LogP contribution in [0.1, 0.15) is 27.8 Å². The number of hydrogen-bond donors (Lipinski definition) is 0. The summed E-state index contributed by atoms with van der Waals surface area (Å²) >= 11 is 0. The number of fused-ring (bicyclic) bond motifs is 15. The zero-order valence-electron chi connectivity index (χ0n) is 28.3. The van der Waals surface area contributed by atoms with Gasteiger partial charge in [0.25, 0.3) is 6.71 Å². The molecule has 4 heterocycles. The quantitative estimate of drug-likeness (QED) is 0.154. The zero-order chi connectivity index (χ0) is 33.1. The summed E-state index contributed by atoms with van der Waals surface area (Å²) in [6.45, 7) is 7.49. The van der Waals surface area contributed by atoms with Gasteiger partial charge in [-0.25, -0.2) is 0 Å². The summed E-state index contributed by atoms with van der Waals surface area (Å²) in [4.78, 5) is 5.27. The summed E-state index contributed by atoms with van der Waals surface area (Å²) < 4.78 is 0. The van der Waals surface area contributed by atoms with Gasteiger partial charge in [0.05, 0.1) is 11.1 Å². The van der Waals surface area contributed by atoms with Crippen molar-refractivity contribution in [1.29, 1.82) is 0 Å². The third-order valence-electron chi connectivity index (χ3n) is 12.7. The smallest absolute Gasteiger partial charge is 0.252 e. The van der Waals surface area contributed by atoms with Gasteiger partial charge in [0.2, 0.25) is 0 Å². The van der Waals surface area contributed by atoms with Crippen molar-refractivity contribution in [2.45, 2.75) is 25.4 Å². The average Bonchev–Trinajstić information content (AvgIpc) is 3.44. The van der Waals surface area contributed by atoms with Crippen LogP contribution in [-0.4, -0.2) is 14.8 Å². The topological polar surface area (TPSA) is 6.48 Å². The second-order valence-corrected chi connectivity index (χ2v) is 19.6. The van der Waals surface area contributed by atoms with E-state index in [1.807, 2.05) is 0 Å². The predicted octanol–water partition coefficient (Wildman–Crippen LogP) is 7.89. The third-order valence-corrected chi connectivity index (χ3v) is 16.2. The maximum atomic E-state index is 2.64. The Hall–Kier alpha value is -5.58. The maximum absolute atomic E-state index is 2.64. The molecule has 1 spiro atoms. The van der Waals surface area contributed by atoms with Gasteiger partial charge in [-0.15, -0.1) is 0 Å². The summed E-state index contributed by atoms with van der Waals surface area (Å²) in [7, 11) is -1.98. The van der Waals surface area contributed by atoms with Gasteiger partial charge in [-0.3, -0.25) is 0 Å². The number of rotatable bonds is 0. The SMILES string of the molecule is Cc1cc2c3c(c1)N1c4ccccc4[Si](C)(C)c4cccc(c41)B3c1cccc3c1N2c1ccccc1C31c2ccccc2-c2ccccc21. The van der Waals surface area contributed by atoms with E-state index in [9.17, 15) is 0 Å². The molecule has 0 N–H and O–H groups in total. The minimum atomic E-state index is -1.98. The van der Waals surface area contributed by atoms with Crippen LogP contribution in [0, 0.1) is 6.92 Å². The highest BCUT2D eigenvalue weighted by Crippen LogP contribution is 2.63. The highest BCUT2D eigenvalue weighted by atomic mass is 28.3. The average molecular weight is 653 g/mol. The van der Waals surface area contributed by atoms with E-state index in [2.05, 4.69) is 175 Å². The number of anilines is 6. The monoisotopic (exact) mass is 652 g/mol. The van der Waals surface area contributed by atoms with Crippen LogP contribution in [-0.2, 0) is 5.41 Å². The molecule has 0 saturated carbocycles. The van der Waals surface area contributed by atoms with Crippen LogP contribution in [0.3, 0.4) is 0 Å². The molecule has 4 heteroatoms. The third kappa shape index (κ3) is 2.90. The molecule has 7 aromatic rings. The molecule has 4 aliphatic heterocycles. The fourth-order valence-electron chi connectivity index (χ4n) is 10.8. The Kier molecular flexibility index (Phi) is 4.88. The van der Waals surface area contributed by atoms with E-state index in [4.69, 9.17) is 0 Å². The fourth-order valence-corrected chi connectivity index (χ4v) is 13.8. The molecule has 0 aromatic heterocycles. The van der Waals surface area contributed by atoms with Crippen molar-refractivity contribution >= 4 is 75.7 Å². The van der Waals surface area contributed by atoms with Crippen molar-refractivity contribution in [1.82, 2.24) is 0 Å². The van der Waals surface area contributed by atoms with Crippen molar-refractivity contribution in [3.05, 3.63) is 173 Å². The van der Waals surface area contributed by atoms with E-state index in [0.29, 0.717) is 0 Å². The van der Waals surface area contributed by atoms with E-state index < -0.39 is 13.5 Å². The number of para-hydroxylation sites is 4. The standard InChI is InChI=1S/C46H33BN2Si/c1-28-26-39-43-40(27-28)49-38-23-10-11-24-41(38)50(2,3)42-25-13-21-36(45(42)49)47(43)35-20-12-19-34-44(35)48(39)37-22-9-8-18-33(37)46(34)31-16-6-4-14-29(31)30-15-5-7-17-32(30)46/h4-27H,1-3H3. The molecule has 1 aliphatic carbocycles. The first-order valence-corrected chi connectivity index (χ1v) is 20.9. The predicted molar refractivity (Wildman–Crippen MR) is 213 cm³/mol. The normalized spacial score (nSPS) is 16.5. The minimum absolute atomic E-state index is 0.127. The Labute approximate surface area is 294 Å². The van der Waals surface area contributed by atoms with Crippen LogP contribution in [0.4, 0.5) is 34.1 Å². The van der Waals surface area contributed by atoms with Gasteiger partial charge in [0, 0.05) is 28.4 Å². The number of aryl methyl sites for hydroxylation is 1. The fraction of sp³-hybridized carbons (Fsp3) is 0.0870. The first-order valence-electron chi connectivity index (χ1n) is 17.9. The molecule has 0 saturated heterocycles. The van der Waals surface area contributed by atoms with Crippen LogP contribution in [0.15, 0.2) is 146 Å².